The van der Waals surface area contributed by atoms with Crippen LogP contribution >= 0.6 is 21.6 Å². The van der Waals surface area contributed by atoms with Crippen molar-refractivity contribution >= 4 is 33.7 Å². The molecule has 0 saturated carbocycles. The molecule has 22 heavy (non-hydrogen) atoms. The van der Waals surface area contributed by atoms with Gasteiger partial charge in [-0.25, -0.2) is 9.59 Å². The molecule has 0 saturated heterocycles. The van der Waals surface area contributed by atoms with Crippen molar-refractivity contribution in [1.29, 1.82) is 0 Å². The van der Waals surface area contributed by atoms with E-state index in [2.05, 4.69) is 9.98 Å². The summed E-state index contributed by atoms with van der Waals surface area (Å²) in [6.45, 7) is 3.93. The first kappa shape index (κ1) is 16.5. The van der Waals surface area contributed by atoms with Crippen molar-refractivity contribution < 1.29 is 9.59 Å². The zero-order chi connectivity index (χ0) is 16.0. The number of aliphatic imine (C=N–C) groups is 2. The summed E-state index contributed by atoms with van der Waals surface area (Å²) >= 11 is 0. The number of isocyanates is 2. The van der Waals surface area contributed by atoms with Gasteiger partial charge in [0.2, 0.25) is 12.2 Å². The maximum atomic E-state index is 10.7. The fraction of sp³-hybridized carbons (Fsp3) is 0.250. The first-order valence-corrected chi connectivity index (χ1v) is 8.72. The van der Waals surface area contributed by atoms with E-state index in [1.807, 2.05) is 44.2 Å². The van der Waals surface area contributed by atoms with Gasteiger partial charge >= 0.3 is 0 Å². The molecule has 0 heterocycles. The van der Waals surface area contributed by atoms with Crippen LogP contribution in [0.3, 0.4) is 0 Å². The van der Waals surface area contributed by atoms with E-state index in [1.165, 1.54) is 12.2 Å². The highest BCUT2D eigenvalue weighted by Crippen LogP contribution is 2.46. The van der Waals surface area contributed by atoms with E-state index in [-0.39, 0.29) is 0 Å². The molecule has 0 fully saturated rings. The molecular weight excluding hydrogens is 316 g/mol. The summed E-state index contributed by atoms with van der Waals surface area (Å²) in [5.41, 5.74) is 0.860. The molecule has 1 aliphatic rings. The Labute approximate surface area is 136 Å². The molecule has 1 aromatic carbocycles. The lowest BCUT2D eigenvalue weighted by atomic mass is 9.92. The molecule has 1 aromatic rings. The minimum atomic E-state index is -1.20. The number of benzene rings is 1. The summed E-state index contributed by atoms with van der Waals surface area (Å²) in [7, 11) is 3.21. The molecule has 112 valence electrons. The SMILES string of the molecule is CC1=CC(N=C=O)(N=C=O)CC(SSc2ccccc2)=C1C. The lowest BCUT2D eigenvalue weighted by Gasteiger charge is -2.27. The number of carbonyl (C=O) groups excluding carboxylic acids is 2. The predicted molar refractivity (Wildman–Crippen MR) is 89.9 cm³/mol. The van der Waals surface area contributed by atoms with Crippen LogP contribution in [0.2, 0.25) is 0 Å². The number of hydrogen-bond donors (Lipinski definition) is 0. The fourth-order valence-corrected chi connectivity index (χ4v) is 4.59. The van der Waals surface area contributed by atoms with Crippen LogP contribution in [-0.2, 0) is 9.59 Å². The number of nitrogens with zero attached hydrogens (tertiary/aromatic N) is 2. The normalized spacial score (nSPS) is 20.7. The summed E-state index contributed by atoms with van der Waals surface area (Å²) < 4.78 is 0. The van der Waals surface area contributed by atoms with Gasteiger partial charge in [-0.2, -0.15) is 9.98 Å². The van der Waals surface area contributed by atoms with E-state index in [4.69, 9.17) is 0 Å². The second-order valence-electron chi connectivity index (χ2n) is 4.82. The smallest absolute Gasteiger partial charge is 0.211 e. The van der Waals surface area contributed by atoms with Gasteiger partial charge in [-0.3, -0.25) is 0 Å². The highest BCUT2D eigenvalue weighted by molar-refractivity contribution is 8.78. The van der Waals surface area contributed by atoms with Crippen molar-refractivity contribution in [2.45, 2.75) is 30.8 Å². The summed E-state index contributed by atoms with van der Waals surface area (Å²) in [6.07, 6.45) is 5.11. The third-order valence-corrected chi connectivity index (χ3v) is 5.97. The fourth-order valence-electron chi connectivity index (χ4n) is 2.09. The van der Waals surface area contributed by atoms with Crippen LogP contribution in [0.15, 0.2) is 67.3 Å². The third kappa shape index (κ3) is 3.87. The van der Waals surface area contributed by atoms with Crippen LogP contribution in [0.5, 0.6) is 0 Å². The van der Waals surface area contributed by atoms with Gasteiger partial charge in [0.25, 0.3) is 0 Å². The van der Waals surface area contributed by atoms with Crippen LogP contribution in [0, 0.1) is 0 Å². The summed E-state index contributed by atoms with van der Waals surface area (Å²) in [5, 5.41) is 0. The molecule has 1 aliphatic carbocycles. The highest BCUT2D eigenvalue weighted by Gasteiger charge is 2.33. The molecule has 0 radical (unpaired) electrons. The number of hydrogen-bond acceptors (Lipinski definition) is 6. The van der Waals surface area contributed by atoms with E-state index in [0.717, 1.165) is 20.9 Å². The average molecular weight is 330 g/mol. The molecule has 0 N–H and O–H groups in total. The van der Waals surface area contributed by atoms with Crippen molar-refractivity contribution in [3.05, 3.63) is 52.5 Å². The van der Waals surface area contributed by atoms with Crippen LogP contribution in [0.25, 0.3) is 0 Å². The summed E-state index contributed by atoms with van der Waals surface area (Å²) in [5.74, 6) is 0. The first-order valence-electron chi connectivity index (χ1n) is 6.57. The largest absolute Gasteiger partial charge is 0.237 e. The van der Waals surface area contributed by atoms with Crippen molar-refractivity contribution in [3.8, 4) is 0 Å². The lowest BCUT2D eigenvalue weighted by Crippen LogP contribution is -2.25. The first-order chi connectivity index (χ1) is 10.6. The standard InChI is InChI=1S/C16H14N2O2S2/c1-12-8-16(17-10-19,18-11-20)9-15(13(12)2)22-21-14-6-4-3-5-7-14/h3-8H,9H2,1-2H3. The Kier molecular flexibility index (Phi) is 5.58. The Bertz CT molecular complexity index is 695. The molecule has 0 unspecified atom stereocenters. The molecule has 4 nitrogen and oxygen atoms in total. The Hall–Kier alpha value is -1.84. The second-order valence-corrected chi connectivity index (χ2v) is 7.11. The van der Waals surface area contributed by atoms with Crippen LogP contribution < -0.4 is 0 Å². The molecule has 0 aliphatic heterocycles. The maximum Gasteiger partial charge on any atom is 0.237 e. The van der Waals surface area contributed by atoms with E-state index in [9.17, 15) is 9.59 Å². The minimum absolute atomic E-state index is 0.366. The second kappa shape index (κ2) is 7.43. The zero-order valence-corrected chi connectivity index (χ0v) is 13.8. The Morgan fingerprint density at radius 2 is 1.68 bits per heavy atom. The van der Waals surface area contributed by atoms with Gasteiger partial charge in [-0.15, -0.1) is 0 Å². The van der Waals surface area contributed by atoms with Gasteiger partial charge in [0.1, 0.15) is 0 Å². The zero-order valence-electron chi connectivity index (χ0n) is 12.2. The van der Waals surface area contributed by atoms with Crippen molar-refractivity contribution in [2.24, 2.45) is 9.98 Å². The van der Waals surface area contributed by atoms with Gasteiger partial charge in [-0.1, -0.05) is 39.8 Å². The molecule has 6 heteroatoms. The highest BCUT2D eigenvalue weighted by atomic mass is 33.1. The summed E-state index contributed by atoms with van der Waals surface area (Å²) in [6, 6.07) is 9.98. The Morgan fingerprint density at radius 3 is 2.27 bits per heavy atom. The topological polar surface area (TPSA) is 58.9 Å². The number of allylic oxidation sites excluding steroid dienone is 2. The van der Waals surface area contributed by atoms with Gasteiger partial charge in [0, 0.05) is 16.2 Å². The van der Waals surface area contributed by atoms with E-state index in [0.29, 0.717) is 6.42 Å². The average Bonchev–Trinajstić information content (AvgIpc) is 2.51. The van der Waals surface area contributed by atoms with Crippen LogP contribution in [0.1, 0.15) is 20.3 Å². The molecule has 0 atom stereocenters. The van der Waals surface area contributed by atoms with E-state index in [1.54, 1.807) is 27.7 Å². The Balaban J connectivity index is 2.26. The van der Waals surface area contributed by atoms with Gasteiger partial charge in [0.15, 0.2) is 5.66 Å². The molecular formula is C16H14N2O2S2. The maximum absolute atomic E-state index is 10.7. The van der Waals surface area contributed by atoms with Gasteiger partial charge < -0.3 is 0 Å². The lowest BCUT2D eigenvalue weighted by molar-refractivity contribution is 0.509. The van der Waals surface area contributed by atoms with E-state index < -0.39 is 5.66 Å². The molecule has 0 amide bonds. The molecule has 2 rings (SSSR count). The monoisotopic (exact) mass is 330 g/mol. The van der Waals surface area contributed by atoms with Crippen LogP contribution in [0.4, 0.5) is 0 Å². The van der Waals surface area contributed by atoms with Crippen molar-refractivity contribution in [3.63, 3.8) is 0 Å². The van der Waals surface area contributed by atoms with Crippen molar-refractivity contribution in [2.75, 3.05) is 0 Å². The molecule has 0 aromatic heterocycles. The quantitative estimate of drug-likeness (QED) is 0.455. The van der Waals surface area contributed by atoms with Gasteiger partial charge in [0.05, 0.1) is 0 Å². The molecule has 0 spiro atoms. The number of rotatable bonds is 5. The van der Waals surface area contributed by atoms with Crippen LogP contribution in [-0.4, -0.2) is 17.8 Å². The summed E-state index contributed by atoms with van der Waals surface area (Å²) in [4.78, 5) is 31.0. The van der Waals surface area contributed by atoms with Crippen molar-refractivity contribution in [1.82, 2.24) is 0 Å². The minimum Gasteiger partial charge on any atom is -0.211 e. The third-order valence-electron chi connectivity index (χ3n) is 3.34. The molecule has 0 bridgehead atoms. The Morgan fingerprint density at radius 1 is 1.05 bits per heavy atom. The van der Waals surface area contributed by atoms with Gasteiger partial charge in [-0.05, 0) is 43.2 Å². The van der Waals surface area contributed by atoms with E-state index >= 15 is 0 Å². The predicted octanol–water partition coefficient (Wildman–Crippen LogP) is 4.42.